The van der Waals surface area contributed by atoms with Crippen LogP contribution in [0.5, 0.6) is 0 Å². The minimum Gasteiger partial charge on any atom is -0.481 e. The van der Waals surface area contributed by atoms with Gasteiger partial charge in [-0.3, -0.25) is 9.59 Å². The summed E-state index contributed by atoms with van der Waals surface area (Å²) in [5.41, 5.74) is 0.672. The maximum absolute atomic E-state index is 12.2. The molecule has 20 heavy (non-hydrogen) atoms. The summed E-state index contributed by atoms with van der Waals surface area (Å²) in [5, 5.41) is 14.4. The van der Waals surface area contributed by atoms with Crippen molar-refractivity contribution >= 4 is 34.6 Å². The molecule has 1 atom stereocenters. The molecule has 2 rings (SSSR count). The highest BCUT2D eigenvalue weighted by Crippen LogP contribution is 2.24. The molecule has 0 saturated heterocycles. The molecule has 0 aromatic carbocycles. The monoisotopic (exact) mass is 310 g/mol. The first-order valence-electron chi connectivity index (χ1n) is 5.97. The third-order valence-corrected chi connectivity index (χ3v) is 4.74. The van der Waals surface area contributed by atoms with E-state index in [-0.39, 0.29) is 12.3 Å². The lowest BCUT2D eigenvalue weighted by Gasteiger charge is -2.15. The molecule has 2 aromatic rings. The summed E-state index contributed by atoms with van der Waals surface area (Å²) in [4.78, 5) is 28.8. The average Bonchev–Trinajstić information content (AvgIpc) is 2.97. The molecule has 0 aliphatic heterocycles. The Labute approximate surface area is 124 Å². The fraction of sp³-hybridized carbons (Fsp3) is 0.308. The maximum atomic E-state index is 12.2. The Morgan fingerprint density at radius 1 is 1.45 bits per heavy atom. The summed E-state index contributed by atoms with van der Waals surface area (Å²) in [6.07, 6.45) is -0.136. The predicted molar refractivity (Wildman–Crippen MR) is 78.4 cm³/mol. The van der Waals surface area contributed by atoms with Gasteiger partial charge in [-0.05, 0) is 25.3 Å². The molecule has 0 aliphatic carbocycles. The standard InChI is InChI=1S/C13H14N2O3S2/c1-7-12(20-8(2)14-7)13(18)15-9(6-11(16)17)10-4-3-5-19-10/h3-5,9H,6H2,1-2H3,(H,15,18)(H,16,17)/t9-/m1/s1. The van der Waals surface area contributed by atoms with Crippen LogP contribution in [0.25, 0.3) is 0 Å². The number of nitrogens with zero attached hydrogens (tertiary/aromatic N) is 1. The molecule has 2 heterocycles. The lowest BCUT2D eigenvalue weighted by Crippen LogP contribution is -2.29. The zero-order valence-corrected chi connectivity index (χ0v) is 12.7. The molecular weight excluding hydrogens is 296 g/mol. The largest absolute Gasteiger partial charge is 0.481 e. The van der Waals surface area contributed by atoms with Crippen molar-refractivity contribution in [3.05, 3.63) is 38.0 Å². The van der Waals surface area contributed by atoms with Gasteiger partial charge >= 0.3 is 5.97 Å². The van der Waals surface area contributed by atoms with Crippen LogP contribution in [-0.4, -0.2) is 22.0 Å². The summed E-state index contributed by atoms with van der Waals surface area (Å²) in [6, 6.07) is 3.15. The van der Waals surface area contributed by atoms with Crippen molar-refractivity contribution < 1.29 is 14.7 Å². The van der Waals surface area contributed by atoms with Gasteiger partial charge in [0, 0.05) is 4.88 Å². The van der Waals surface area contributed by atoms with Crippen molar-refractivity contribution in [2.24, 2.45) is 0 Å². The van der Waals surface area contributed by atoms with Crippen LogP contribution < -0.4 is 5.32 Å². The molecule has 1 amide bonds. The smallest absolute Gasteiger partial charge is 0.305 e. The summed E-state index contributed by atoms with van der Waals surface area (Å²) >= 11 is 2.74. The molecule has 0 fully saturated rings. The first-order valence-corrected chi connectivity index (χ1v) is 7.67. The zero-order valence-electron chi connectivity index (χ0n) is 11.0. The van der Waals surface area contributed by atoms with Crippen LogP contribution in [0.2, 0.25) is 0 Å². The number of nitrogens with one attached hydrogen (secondary N) is 1. The lowest BCUT2D eigenvalue weighted by molar-refractivity contribution is -0.137. The minimum atomic E-state index is -0.944. The van der Waals surface area contributed by atoms with Crippen LogP contribution in [0.4, 0.5) is 0 Å². The molecule has 0 spiro atoms. The quantitative estimate of drug-likeness (QED) is 0.890. The van der Waals surface area contributed by atoms with E-state index in [0.29, 0.717) is 10.6 Å². The minimum absolute atomic E-state index is 0.136. The van der Waals surface area contributed by atoms with E-state index < -0.39 is 12.0 Å². The molecule has 0 saturated carbocycles. The number of hydrogen-bond acceptors (Lipinski definition) is 5. The van der Waals surface area contributed by atoms with Gasteiger partial charge in [0.1, 0.15) is 4.88 Å². The van der Waals surface area contributed by atoms with Crippen LogP contribution in [-0.2, 0) is 4.79 Å². The lowest BCUT2D eigenvalue weighted by atomic mass is 10.1. The van der Waals surface area contributed by atoms with Gasteiger partial charge < -0.3 is 10.4 Å². The molecule has 2 aromatic heterocycles. The van der Waals surface area contributed by atoms with Gasteiger partial charge in [0.2, 0.25) is 0 Å². The van der Waals surface area contributed by atoms with Crippen molar-refractivity contribution in [2.45, 2.75) is 26.3 Å². The Kier molecular flexibility index (Phi) is 4.51. The molecule has 0 unspecified atom stereocenters. The molecule has 0 radical (unpaired) electrons. The van der Waals surface area contributed by atoms with Crippen molar-refractivity contribution in [3.8, 4) is 0 Å². The molecule has 0 bridgehead atoms. The number of aliphatic carboxylic acids is 1. The van der Waals surface area contributed by atoms with E-state index in [9.17, 15) is 9.59 Å². The highest BCUT2D eigenvalue weighted by Gasteiger charge is 2.22. The number of thiazole rings is 1. The second-order valence-electron chi connectivity index (χ2n) is 4.29. The number of rotatable bonds is 5. The van der Waals surface area contributed by atoms with E-state index >= 15 is 0 Å². The normalized spacial score (nSPS) is 12.1. The molecule has 106 valence electrons. The Balaban J connectivity index is 2.17. The van der Waals surface area contributed by atoms with Gasteiger partial charge in [0.25, 0.3) is 5.91 Å². The van der Waals surface area contributed by atoms with Crippen molar-refractivity contribution in [1.29, 1.82) is 0 Å². The number of amides is 1. The van der Waals surface area contributed by atoms with E-state index in [4.69, 9.17) is 5.11 Å². The van der Waals surface area contributed by atoms with E-state index in [1.807, 2.05) is 24.4 Å². The maximum Gasteiger partial charge on any atom is 0.305 e. The van der Waals surface area contributed by atoms with Gasteiger partial charge in [-0.15, -0.1) is 22.7 Å². The fourth-order valence-corrected chi connectivity index (χ4v) is 3.45. The van der Waals surface area contributed by atoms with Crippen molar-refractivity contribution in [1.82, 2.24) is 10.3 Å². The van der Waals surface area contributed by atoms with E-state index in [2.05, 4.69) is 10.3 Å². The first-order chi connectivity index (χ1) is 9.47. The van der Waals surface area contributed by atoms with Gasteiger partial charge in [-0.1, -0.05) is 6.07 Å². The van der Waals surface area contributed by atoms with Crippen molar-refractivity contribution in [3.63, 3.8) is 0 Å². The number of thiophene rings is 1. The number of aryl methyl sites for hydroxylation is 2. The van der Waals surface area contributed by atoms with E-state index in [0.717, 1.165) is 9.88 Å². The van der Waals surface area contributed by atoms with Crippen LogP contribution >= 0.6 is 22.7 Å². The molecule has 5 nitrogen and oxygen atoms in total. The second-order valence-corrected chi connectivity index (χ2v) is 6.47. The number of carbonyl (C=O) groups is 2. The number of hydrogen-bond donors (Lipinski definition) is 2. The number of aromatic nitrogens is 1. The molecular formula is C13H14N2O3S2. The topological polar surface area (TPSA) is 79.3 Å². The van der Waals surface area contributed by atoms with Gasteiger partial charge in [0.05, 0.1) is 23.2 Å². The van der Waals surface area contributed by atoms with E-state index in [1.165, 1.54) is 22.7 Å². The highest BCUT2D eigenvalue weighted by molar-refractivity contribution is 7.13. The zero-order chi connectivity index (χ0) is 14.7. The van der Waals surface area contributed by atoms with Gasteiger partial charge in [-0.2, -0.15) is 0 Å². The fourth-order valence-electron chi connectivity index (χ4n) is 1.85. The highest BCUT2D eigenvalue weighted by atomic mass is 32.1. The summed E-state index contributed by atoms with van der Waals surface area (Å²) < 4.78 is 0. The van der Waals surface area contributed by atoms with Crippen LogP contribution in [0.1, 0.15) is 37.7 Å². The second kappa shape index (κ2) is 6.15. The van der Waals surface area contributed by atoms with Crippen LogP contribution in [0, 0.1) is 13.8 Å². The van der Waals surface area contributed by atoms with Crippen molar-refractivity contribution in [2.75, 3.05) is 0 Å². The predicted octanol–water partition coefficient (Wildman–Crippen LogP) is 2.77. The Bertz CT molecular complexity index is 620. The number of carbonyl (C=O) groups excluding carboxylic acids is 1. The third kappa shape index (κ3) is 3.43. The molecule has 0 aliphatic rings. The molecule has 7 heteroatoms. The number of carboxylic acid groups (broad SMARTS) is 1. The first kappa shape index (κ1) is 14.7. The summed E-state index contributed by atoms with van der Waals surface area (Å²) in [5.74, 6) is -1.21. The Morgan fingerprint density at radius 2 is 2.20 bits per heavy atom. The Hall–Kier alpha value is -1.73. The van der Waals surface area contributed by atoms with Crippen LogP contribution in [0.3, 0.4) is 0 Å². The molecule has 2 N–H and O–H groups in total. The summed E-state index contributed by atoms with van der Waals surface area (Å²) in [6.45, 7) is 3.61. The van der Waals surface area contributed by atoms with Crippen LogP contribution in [0.15, 0.2) is 17.5 Å². The third-order valence-electron chi connectivity index (χ3n) is 2.68. The van der Waals surface area contributed by atoms with E-state index in [1.54, 1.807) is 6.92 Å². The average molecular weight is 310 g/mol. The van der Waals surface area contributed by atoms with Gasteiger partial charge in [-0.25, -0.2) is 4.98 Å². The summed E-state index contributed by atoms with van der Waals surface area (Å²) in [7, 11) is 0. The van der Waals surface area contributed by atoms with Gasteiger partial charge in [0.15, 0.2) is 0 Å². The SMILES string of the molecule is Cc1nc(C)c(C(=O)N[C@H](CC(=O)O)c2cccs2)s1. The Morgan fingerprint density at radius 3 is 2.70 bits per heavy atom. The number of carboxylic acids is 1.